The highest BCUT2D eigenvalue weighted by atomic mass is 32.2. The molecule has 4 aromatic rings. The number of aromatic amines is 1. The Morgan fingerprint density at radius 1 is 1.07 bits per heavy atom. The van der Waals surface area contributed by atoms with Gasteiger partial charge >= 0.3 is 5.97 Å². The highest BCUT2D eigenvalue weighted by Gasteiger charge is 2.25. The molecule has 8 nitrogen and oxygen atoms in total. The molecule has 1 unspecified atom stereocenters. The lowest BCUT2D eigenvalue weighted by atomic mass is 9.97. The Hall–Kier alpha value is -4.02. The van der Waals surface area contributed by atoms with E-state index in [0.717, 1.165) is 17.9 Å². The Morgan fingerprint density at radius 3 is 2.27 bits per heavy atom. The standard InChI is InChI=1S/C28H28FN3O5S.C2H6/c1-16(32(2)27(33)18-9-7-17(14-30)8-10-18)21-5-4-6-22-24(26(28(34)35)31-25(21)22)19-11-12-20(23(29)13-19)15-38(3,36)37;1-2/h4-13,16,31H,14-15,30H2,1-3H3,(H,34,35);1-2H3. The summed E-state index contributed by atoms with van der Waals surface area (Å²) in [5.74, 6) is -2.66. The summed E-state index contributed by atoms with van der Waals surface area (Å²) in [5.41, 5.74) is 8.66. The van der Waals surface area contributed by atoms with Gasteiger partial charge in [-0.15, -0.1) is 0 Å². The van der Waals surface area contributed by atoms with E-state index >= 15 is 0 Å². The van der Waals surface area contributed by atoms with Crippen molar-refractivity contribution in [2.24, 2.45) is 5.73 Å². The molecule has 1 amide bonds. The number of nitrogens with one attached hydrogen (secondary N) is 1. The van der Waals surface area contributed by atoms with Crippen molar-refractivity contribution in [1.29, 1.82) is 0 Å². The minimum Gasteiger partial charge on any atom is -0.477 e. The van der Waals surface area contributed by atoms with Crippen LogP contribution in [0.4, 0.5) is 4.39 Å². The topological polar surface area (TPSA) is 134 Å². The number of carbonyl (C=O) groups is 2. The van der Waals surface area contributed by atoms with Crippen LogP contribution in [0, 0.1) is 5.82 Å². The number of carboxylic acids is 1. The number of rotatable bonds is 8. The summed E-state index contributed by atoms with van der Waals surface area (Å²) in [6.07, 6.45) is 1.02. The second-order valence-corrected chi connectivity index (χ2v) is 11.5. The van der Waals surface area contributed by atoms with E-state index < -0.39 is 33.4 Å². The predicted octanol–water partition coefficient (Wildman–Crippen LogP) is 5.53. The van der Waals surface area contributed by atoms with Gasteiger partial charge in [-0.3, -0.25) is 4.79 Å². The summed E-state index contributed by atoms with van der Waals surface area (Å²) in [7, 11) is -1.79. The van der Waals surface area contributed by atoms with Gasteiger partial charge in [0, 0.05) is 41.9 Å². The first kappa shape index (κ1) is 30.5. The Balaban J connectivity index is 0.00000216. The molecule has 0 fully saturated rings. The first-order valence-electron chi connectivity index (χ1n) is 12.8. The van der Waals surface area contributed by atoms with E-state index in [2.05, 4.69) is 4.98 Å². The number of hydrogen-bond acceptors (Lipinski definition) is 5. The van der Waals surface area contributed by atoms with Crippen LogP contribution in [0.3, 0.4) is 0 Å². The van der Waals surface area contributed by atoms with Gasteiger partial charge in [-0.25, -0.2) is 17.6 Å². The van der Waals surface area contributed by atoms with E-state index in [4.69, 9.17) is 5.73 Å². The molecule has 1 heterocycles. The van der Waals surface area contributed by atoms with Crippen molar-refractivity contribution in [2.45, 2.75) is 39.1 Å². The van der Waals surface area contributed by atoms with Crippen molar-refractivity contribution >= 4 is 32.6 Å². The van der Waals surface area contributed by atoms with E-state index in [1.807, 2.05) is 20.8 Å². The van der Waals surface area contributed by atoms with Gasteiger partial charge in [-0.2, -0.15) is 0 Å². The molecule has 1 atom stereocenters. The Kier molecular flexibility index (Phi) is 9.49. The quantitative estimate of drug-likeness (QED) is 0.256. The van der Waals surface area contributed by atoms with Gasteiger partial charge in [0.2, 0.25) is 0 Å². The number of carboxylic acid groups (broad SMARTS) is 1. The van der Waals surface area contributed by atoms with Crippen molar-refractivity contribution in [1.82, 2.24) is 9.88 Å². The number of para-hydroxylation sites is 1. The van der Waals surface area contributed by atoms with Crippen LogP contribution in [-0.4, -0.2) is 48.6 Å². The second kappa shape index (κ2) is 12.4. The molecule has 212 valence electrons. The Morgan fingerprint density at radius 2 is 1.73 bits per heavy atom. The number of aromatic carboxylic acids is 1. The highest BCUT2D eigenvalue weighted by Crippen LogP contribution is 2.37. The molecule has 0 aliphatic rings. The molecular weight excluding hydrogens is 533 g/mol. The van der Waals surface area contributed by atoms with E-state index in [-0.39, 0.29) is 28.3 Å². The zero-order valence-corrected chi connectivity index (χ0v) is 24.0. The lowest BCUT2D eigenvalue weighted by Crippen LogP contribution is -2.29. The van der Waals surface area contributed by atoms with Crippen molar-refractivity contribution in [2.75, 3.05) is 13.3 Å². The summed E-state index contributed by atoms with van der Waals surface area (Å²) in [6.45, 7) is 6.20. The summed E-state index contributed by atoms with van der Waals surface area (Å²) in [5, 5.41) is 10.5. The second-order valence-electron chi connectivity index (χ2n) is 9.32. The average molecular weight is 568 g/mol. The van der Waals surface area contributed by atoms with E-state index in [1.165, 1.54) is 12.1 Å². The fourth-order valence-corrected chi connectivity index (χ4v) is 5.32. The fourth-order valence-electron chi connectivity index (χ4n) is 4.52. The number of halogens is 1. The smallest absolute Gasteiger partial charge is 0.352 e. The first-order chi connectivity index (χ1) is 18.9. The molecule has 0 radical (unpaired) electrons. The minimum atomic E-state index is -3.45. The van der Waals surface area contributed by atoms with Crippen LogP contribution in [0.1, 0.15) is 64.3 Å². The Labute approximate surface area is 233 Å². The highest BCUT2D eigenvalue weighted by molar-refractivity contribution is 7.89. The van der Waals surface area contributed by atoms with Gasteiger partial charge in [-0.05, 0) is 41.8 Å². The van der Waals surface area contributed by atoms with Crippen molar-refractivity contribution < 1.29 is 27.5 Å². The molecule has 3 aromatic carbocycles. The first-order valence-corrected chi connectivity index (χ1v) is 14.9. The SMILES string of the molecule is CC.CC(c1cccc2c(-c3ccc(CS(C)(=O)=O)c(F)c3)c(C(=O)O)[nH]c12)N(C)C(=O)c1ccc(CN)cc1. The van der Waals surface area contributed by atoms with Crippen LogP contribution in [-0.2, 0) is 22.1 Å². The third-order valence-electron chi connectivity index (χ3n) is 6.63. The minimum absolute atomic E-state index is 0.00177. The lowest BCUT2D eigenvalue weighted by Gasteiger charge is -2.26. The normalized spacial score (nSPS) is 12.0. The molecule has 4 N–H and O–H groups in total. The van der Waals surface area contributed by atoms with E-state index in [9.17, 15) is 27.5 Å². The summed E-state index contributed by atoms with van der Waals surface area (Å²) < 4.78 is 38.1. The van der Waals surface area contributed by atoms with Crippen molar-refractivity contribution in [3.63, 3.8) is 0 Å². The molecule has 4 rings (SSSR count). The van der Waals surface area contributed by atoms with Crippen LogP contribution in [0.2, 0.25) is 0 Å². The molecular formula is C30H34FN3O5S. The zero-order chi connectivity index (χ0) is 29.8. The predicted molar refractivity (Wildman–Crippen MR) is 155 cm³/mol. The number of H-pyrrole nitrogens is 1. The maximum atomic E-state index is 14.8. The largest absolute Gasteiger partial charge is 0.477 e. The summed E-state index contributed by atoms with van der Waals surface area (Å²) in [6, 6.07) is 15.9. The molecule has 0 spiro atoms. The van der Waals surface area contributed by atoms with E-state index in [1.54, 1.807) is 54.4 Å². The van der Waals surface area contributed by atoms with Crippen molar-refractivity contribution in [3.05, 3.63) is 94.4 Å². The Bertz CT molecular complexity index is 1650. The van der Waals surface area contributed by atoms with Gasteiger partial charge in [0.05, 0.1) is 17.3 Å². The number of benzene rings is 3. The number of amides is 1. The molecule has 0 aliphatic carbocycles. The summed E-state index contributed by atoms with van der Waals surface area (Å²) in [4.78, 5) is 29.9. The van der Waals surface area contributed by atoms with Crippen LogP contribution in [0.25, 0.3) is 22.0 Å². The summed E-state index contributed by atoms with van der Waals surface area (Å²) >= 11 is 0. The number of sulfone groups is 1. The number of aromatic nitrogens is 1. The van der Waals surface area contributed by atoms with Gasteiger partial charge in [0.15, 0.2) is 9.84 Å². The van der Waals surface area contributed by atoms with Crippen LogP contribution >= 0.6 is 0 Å². The molecule has 10 heteroatoms. The molecule has 0 saturated heterocycles. The van der Waals surface area contributed by atoms with Crippen LogP contribution < -0.4 is 5.73 Å². The van der Waals surface area contributed by atoms with Gasteiger partial charge in [0.1, 0.15) is 11.5 Å². The molecule has 40 heavy (non-hydrogen) atoms. The number of hydrogen-bond donors (Lipinski definition) is 3. The molecule has 0 bridgehead atoms. The number of fused-ring (bicyclic) bond motifs is 1. The fraction of sp³-hybridized carbons (Fsp3) is 0.267. The van der Waals surface area contributed by atoms with Crippen LogP contribution in [0.5, 0.6) is 0 Å². The number of carbonyl (C=O) groups excluding carboxylic acids is 1. The van der Waals surface area contributed by atoms with Crippen molar-refractivity contribution in [3.8, 4) is 11.1 Å². The lowest BCUT2D eigenvalue weighted by molar-refractivity contribution is 0.0690. The van der Waals surface area contributed by atoms with Gasteiger partial charge < -0.3 is 20.7 Å². The third kappa shape index (κ3) is 6.40. The molecule has 1 aromatic heterocycles. The van der Waals surface area contributed by atoms with Crippen LogP contribution in [0.15, 0.2) is 60.7 Å². The maximum Gasteiger partial charge on any atom is 0.352 e. The third-order valence-corrected chi connectivity index (χ3v) is 7.46. The van der Waals surface area contributed by atoms with Gasteiger partial charge in [0.25, 0.3) is 5.91 Å². The number of nitrogens with two attached hydrogens (primary N) is 1. The average Bonchev–Trinajstić information content (AvgIpc) is 3.34. The monoisotopic (exact) mass is 567 g/mol. The van der Waals surface area contributed by atoms with E-state index in [0.29, 0.717) is 28.6 Å². The molecule has 0 saturated carbocycles. The number of nitrogens with zero attached hydrogens (tertiary/aromatic N) is 1. The molecule has 0 aliphatic heterocycles. The zero-order valence-electron chi connectivity index (χ0n) is 23.2. The maximum absolute atomic E-state index is 14.8. The van der Waals surface area contributed by atoms with Gasteiger partial charge in [-0.1, -0.05) is 56.3 Å².